The molecule has 4 N–H and O–H groups in total. The van der Waals surface area contributed by atoms with Crippen LogP contribution in [0.1, 0.15) is 0 Å². The van der Waals surface area contributed by atoms with Gasteiger partial charge < -0.3 is 11.5 Å². The summed E-state index contributed by atoms with van der Waals surface area (Å²) in [6.07, 6.45) is 0. The number of hydrogen-bond acceptors (Lipinski definition) is 6. The maximum Gasteiger partial charge on any atom is 0.124 e. The number of nitrogen functional groups attached to an aromatic ring is 2. The van der Waals surface area contributed by atoms with Crippen LogP contribution in [0.2, 0.25) is 0 Å². The molecule has 0 fully saturated rings. The molecule has 0 aliphatic heterocycles. The van der Waals surface area contributed by atoms with Gasteiger partial charge in [-0.15, -0.1) is 22.7 Å². The van der Waals surface area contributed by atoms with Crippen LogP contribution in [0.25, 0.3) is 41.6 Å². The summed E-state index contributed by atoms with van der Waals surface area (Å²) >= 11 is 3.35. The number of hydrogen-bond donors (Lipinski definition) is 2. The van der Waals surface area contributed by atoms with E-state index in [1.165, 1.54) is 0 Å². The molecule has 4 nitrogen and oxygen atoms in total. The van der Waals surface area contributed by atoms with Crippen LogP contribution >= 0.6 is 22.7 Å². The number of rotatable bonds is 2. The summed E-state index contributed by atoms with van der Waals surface area (Å²) in [5, 5.41) is 1.99. The normalized spacial score (nSPS) is 11.4. The molecule has 6 heteroatoms. The first kappa shape index (κ1) is 15.3. The van der Waals surface area contributed by atoms with Gasteiger partial charge in [-0.05, 0) is 36.4 Å². The SMILES string of the molecule is Nc1ccc2sc(-c3ccc(-c4nc5cc(N)ccc5s4)cc3)nc2c1. The van der Waals surface area contributed by atoms with Crippen LogP contribution in [0.4, 0.5) is 11.4 Å². The number of nitrogens with two attached hydrogens (primary N) is 2. The van der Waals surface area contributed by atoms with E-state index in [1.807, 2.05) is 36.4 Å². The van der Waals surface area contributed by atoms with E-state index in [0.29, 0.717) is 0 Å². The van der Waals surface area contributed by atoms with Crippen LogP contribution in [0.5, 0.6) is 0 Å². The van der Waals surface area contributed by atoms with Crippen molar-refractivity contribution in [3.8, 4) is 21.1 Å². The van der Waals surface area contributed by atoms with Crippen molar-refractivity contribution in [3.63, 3.8) is 0 Å². The average Bonchev–Trinajstić information content (AvgIpc) is 3.25. The van der Waals surface area contributed by atoms with Crippen molar-refractivity contribution in [2.45, 2.75) is 0 Å². The number of thiazole rings is 2. The molecule has 5 aromatic rings. The summed E-state index contributed by atoms with van der Waals surface area (Å²) < 4.78 is 2.28. The number of anilines is 2. The first-order chi connectivity index (χ1) is 12.7. The second-order valence-electron chi connectivity index (χ2n) is 6.07. The fraction of sp³-hybridized carbons (Fsp3) is 0. The zero-order chi connectivity index (χ0) is 17.7. The Hall–Kier alpha value is -2.96. The molecule has 2 heterocycles. The van der Waals surface area contributed by atoms with E-state index in [2.05, 4.69) is 24.3 Å². The van der Waals surface area contributed by atoms with E-state index >= 15 is 0 Å². The molecular weight excluding hydrogens is 360 g/mol. The van der Waals surface area contributed by atoms with Gasteiger partial charge >= 0.3 is 0 Å². The predicted octanol–water partition coefficient (Wildman–Crippen LogP) is 5.40. The zero-order valence-electron chi connectivity index (χ0n) is 13.6. The lowest BCUT2D eigenvalue weighted by atomic mass is 10.1. The molecule has 5 rings (SSSR count). The molecule has 0 aliphatic carbocycles. The Morgan fingerprint density at radius 1 is 0.577 bits per heavy atom. The van der Waals surface area contributed by atoms with Gasteiger partial charge in [-0.25, -0.2) is 9.97 Å². The van der Waals surface area contributed by atoms with E-state index in [1.54, 1.807) is 22.7 Å². The van der Waals surface area contributed by atoms with Crippen LogP contribution in [-0.4, -0.2) is 9.97 Å². The fourth-order valence-corrected chi connectivity index (χ4v) is 4.79. The van der Waals surface area contributed by atoms with Crippen LogP contribution in [-0.2, 0) is 0 Å². The minimum Gasteiger partial charge on any atom is -0.399 e. The van der Waals surface area contributed by atoms with Crippen molar-refractivity contribution < 1.29 is 0 Å². The molecule has 0 atom stereocenters. The van der Waals surface area contributed by atoms with Crippen molar-refractivity contribution in [1.29, 1.82) is 0 Å². The van der Waals surface area contributed by atoms with Gasteiger partial charge in [-0.2, -0.15) is 0 Å². The molecule has 0 unspecified atom stereocenters. The van der Waals surface area contributed by atoms with Crippen molar-refractivity contribution in [3.05, 3.63) is 60.7 Å². The lowest BCUT2D eigenvalue weighted by molar-refractivity contribution is 1.46. The summed E-state index contributed by atoms with van der Waals surface area (Å²) in [5.41, 5.74) is 17.2. The third kappa shape index (κ3) is 2.60. The van der Waals surface area contributed by atoms with E-state index in [-0.39, 0.29) is 0 Å². The van der Waals surface area contributed by atoms with Gasteiger partial charge in [0.1, 0.15) is 10.0 Å². The van der Waals surface area contributed by atoms with Crippen molar-refractivity contribution in [2.75, 3.05) is 11.5 Å². The highest BCUT2D eigenvalue weighted by Gasteiger charge is 2.09. The average molecular weight is 374 g/mol. The minimum absolute atomic E-state index is 0.737. The molecule has 0 saturated carbocycles. The maximum atomic E-state index is 5.85. The monoisotopic (exact) mass is 374 g/mol. The zero-order valence-corrected chi connectivity index (χ0v) is 15.3. The minimum atomic E-state index is 0.737. The summed E-state index contributed by atoms with van der Waals surface area (Å²) in [4.78, 5) is 9.40. The molecular formula is C20H14N4S2. The van der Waals surface area contributed by atoms with Crippen molar-refractivity contribution in [2.24, 2.45) is 0 Å². The van der Waals surface area contributed by atoms with Gasteiger partial charge in [0.15, 0.2) is 0 Å². The first-order valence-corrected chi connectivity index (χ1v) is 9.72. The second kappa shape index (κ2) is 5.79. The van der Waals surface area contributed by atoms with Crippen molar-refractivity contribution in [1.82, 2.24) is 9.97 Å². The van der Waals surface area contributed by atoms with E-state index in [4.69, 9.17) is 21.4 Å². The predicted molar refractivity (Wildman–Crippen MR) is 112 cm³/mol. The molecule has 2 aromatic heterocycles. The van der Waals surface area contributed by atoms with Crippen molar-refractivity contribution >= 4 is 54.5 Å². The molecule has 0 saturated heterocycles. The second-order valence-corrected chi connectivity index (χ2v) is 8.13. The van der Waals surface area contributed by atoms with Gasteiger partial charge in [-0.3, -0.25) is 0 Å². The Labute approximate surface area is 157 Å². The quantitative estimate of drug-likeness (QED) is 0.405. The topological polar surface area (TPSA) is 77.8 Å². The number of aromatic nitrogens is 2. The third-order valence-electron chi connectivity index (χ3n) is 4.20. The number of benzene rings is 3. The highest BCUT2D eigenvalue weighted by atomic mass is 32.1. The Balaban J connectivity index is 1.52. The van der Waals surface area contributed by atoms with E-state index < -0.39 is 0 Å². The fourth-order valence-electron chi connectivity index (χ4n) is 2.89. The molecule has 3 aromatic carbocycles. The summed E-state index contributed by atoms with van der Waals surface area (Å²) in [5.74, 6) is 0. The number of fused-ring (bicyclic) bond motifs is 2. The van der Waals surface area contributed by atoms with Gasteiger partial charge in [0.25, 0.3) is 0 Å². The van der Waals surface area contributed by atoms with Gasteiger partial charge in [0, 0.05) is 22.5 Å². The van der Waals surface area contributed by atoms with E-state index in [9.17, 15) is 0 Å². The third-order valence-corrected chi connectivity index (χ3v) is 6.37. The largest absolute Gasteiger partial charge is 0.399 e. The Morgan fingerprint density at radius 3 is 1.42 bits per heavy atom. The Bertz CT molecular complexity index is 1150. The van der Waals surface area contributed by atoms with Gasteiger partial charge in [-0.1, -0.05) is 24.3 Å². The first-order valence-electron chi connectivity index (χ1n) is 8.09. The molecule has 26 heavy (non-hydrogen) atoms. The molecule has 0 radical (unpaired) electrons. The molecule has 0 aliphatic rings. The summed E-state index contributed by atoms with van der Waals surface area (Å²) in [6.45, 7) is 0. The lowest BCUT2D eigenvalue weighted by Gasteiger charge is -1.98. The lowest BCUT2D eigenvalue weighted by Crippen LogP contribution is -1.82. The van der Waals surface area contributed by atoms with Gasteiger partial charge in [0.05, 0.1) is 20.4 Å². The summed E-state index contributed by atoms with van der Waals surface area (Å²) in [7, 11) is 0. The van der Waals surface area contributed by atoms with Crippen LogP contribution in [0.15, 0.2) is 60.7 Å². The maximum absolute atomic E-state index is 5.85. The standard InChI is InChI=1S/C20H14N4S2/c21-13-5-7-17-15(9-13)23-19(25-17)11-1-2-12(4-3-11)20-24-16-10-14(22)6-8-18(16)26-20/h1-10H,21-22H2. The van der Waals surface area contributed by atoms with Crippen LogP contribution in [0, 0.1) is 0 Å². The van der Waals surface area contributed by atoms with E-state index in [0.717, 1.165) is 53.0 Å². The molecule has 0 bridgehead atoms. The molecule has 0 amide bonds. The highest BCUT2D eigenvalue weighted by molar-refractivity contribution is 7.22. The smallest absolute Gasteiger partial charge is 0.124 e. The highest BCUT2D eigenvalue weighted by Crippen LogP contribution is 2.34. The summed E-state index contributed by atoms with van der Waals surface area (Å²) in [6, 6.07) is 20.1. The van der Waals surface area contributed by atoms with Gasteiger partial charge in [0.2, 0.25) is 0 Å². The Morgan fingerprint density at radius 2 is 1.00 bits per heavy atom. The van der Waals surface area contributed by atoms with Crippen LogP contribution in [0.3, 0.4) is 0 Å². The Kier molecular flexibility index (Phi) is 3.41. The number of nitrogens with zero attached hydrogens (tertiary/aromatic N) is 2. The molecule has 126 valence electrons. The van der Waals surface area contributed by atoms with Crippen LogP contribution < -0.4 is 11.5 Å². The molecule has 0 spiro atoms.